The fraction of sp³-hybridized carbons (Fsp3) is 0.167. The van der Waals surface area contributed by atoms with Crippen LogP contribution in [0.15, 0.2) is 57.9 Å². The number of hydrogen-bond acceptors (Lipinski definition) is 6. The van der Waals surface area contributed by atoms with Gasteiger partial charge in [0, 0.05) is 10.5 Å². The average molecular weight is 356 g/mol. The third-order valence-corrected chi connectivity index (χ3v) is 5.11. The molecule has 5 nitrogen and oxygen atoms in total. The van der Waals surface area contributed by atoms with Crippen LogP contribution < -0.4 is 0 Å². The fourth-order valence-electron chi connectivity index (χ4n) is 2.57. The molecule has 0 N–H and O–H groups in total. The van der Waals surface area contributed by atoms with E-state index in [0.717, 1.165) is 10.5 Å². The van der Waals surface area contributed by atoms with Gasteiger partial charge in [0.25, 0.3) is 5.89 Å². The van der Waals surface area contributed by atoms with E-state index >= 15 is 0 Å². The van der Waals surface area contributed by atoms with Crippen molar-refractivity contribution in [1.29, 1.82) is 0 Å². The topological polar surface area (TPSA) is 65.2 Å². The highest BCUT2D eigenvalue weighted by Crippen LogP contribution is 2.37. The van der Waals surface area contributed by atoms with Crippen molar-refractivity contribution >= 4 is 17.7 Å². The molecule has 0 saturated carbocycles. The number of benzene rings is 2. The Morgan fingerprint density at radius 2 is 2.04 bits per heavy atom. The van der Waals surface area contributed by atoms with Crippen LogP contribution in [0.25, 0.3) is 11.4 Å². The van der Waals surface area contributed by atoms with Gasteiger partial charge in [0.2, 0.25) is 5.82 Å². The van der Waals surface area contributed by atoms with Crippen LogP contribution in [0.5, 0.6) is 0 Å². The normalized spacial score (nSPS) is 15.8. The lowest BCUT2D eigenvalue weighted by atomic mass is 10.1. The highest BCUT2D eigenvalue weighted by Gasteiger charge is 2.29. The molecule has 0 saturated heterocycles. The zero-order valence-corrected chi connectivity index (χ0v) is 13.8. The zero-order valence-electron chi connectivity index (χ0n) is 13.0. The van der Waals surface area contributed by atoms with Crippen LogP contribution in [0.2, 0.25) is 0 Å². The first-order chi connectivity index (χ1) is 12.2. The number of ether oxygens (including phenoxy) is 1. The molecule has 1 aliphatic heterocycles. The molecule has 0 spiro atoms. The van der Waals surface area contributed by atoms with Crippen LogP contribution in [0.1, 0.15) is 11.5 Å². The first kappa shape index (κ1) is 15.8. The number of fused-ring (bicyclic) bond motifs is 1. The summed E-state index contributed by atoms with van der Waals surface area (Å²) in [5, 5.41) is 3.57. The number of aromatic nitrogens is 2. The van der Waals surface area contributed by atoms with Crippen LogP contribution >= 0.6 is 11.8 Å². The van der Waals surface area contributed by atoms with Crippen molar-refractivity contribution in [2.45, 2.75) is 23.2 Å². The molecule has 2 aromatic carbocycles. The van der Waals surface area contributed by atoms with E-state index in [2.05, 4.69) is 10.1 Å². The van der Waals surface area contributed by atoms with Crippen LogP contribution in [0.3, 0.4) is 0 Å². The standard InChI is InChI=1S/C18H13FN2O3S/c19-13-7-5-11(6-8-13)17-20-16(24-21-17)10-23-18(22)15-9-12-3-1-2-4-14(12)25-15/h1-8,15H,9-10H2/t15-/m0/s1. The Morgan fingerprint density at radius 3 is 2.84 bits per heavy atom. The zero-order chi connectivity index (χ0) is 17.2. The van der Waals surface area contributed by atoms with Gasteiger partial charge < -0.3 is 9.26 Å². The van der Waals surface area contributed by atoms with E-state index in [1.807, 2.05) is 24.3 Å². The van der Waals surface area contributed by atoms with Gasteiger partial charge in [0.05, 0.1) is 0 Å². The smallest absolute Gasteiger partial charge is 0.320 e. The lowest BCUT2D eigenvalue weighted by molar-refractivity contribution is -0.145. The second-order valence-electron chi connectivity index (χ2n) is 5.54. The van der Waals surface area contributed by atoms with Gasteiger partial charge in [-0.2, -0.15) is 4.98 Å². The van der Waals surface area contributed by atoms with Crippen molar-refractivity contribution in [3.05, 3.63) is 65.8 Å². The summed E-state index contributed by atoms with van der Waals surface area (Å²) in [5.74, 6) is -0.110. The highest BCUT2D eigenvalue weighted by atomic mass is 32.2. The second kappa shape index (κ2) is 6.68. The minimum atomic E-state index is -0.337. The van der Waals surface area contributed by atoms with Gasteiger partial charge in [-0.3, -0.25) is 4.79 Å². The van der Waals surface area contributed by atoms with Crippen molar-refractivity contribution in [2.75, 3.05) is 0 Å². The van der Waals surface area contributed by atoms with Crippen LogP contribution in [-0.2, 0) is 22.6 Å². The Hall–Kier alpha value is -2.67. The van der Waals surface area contributed by atoms with E-state index in [4.69, 9.17) is 9.26 Å². The molecule has 0 radical (unpaired) electrons. The van der Waals surface area contributed by atoms with Crippen LogP contribution in [0, 0.1) is 5.82 Å². The lowest BCUT2D eigenvalue weighted by Crippen LogP contribution is -2.19. The molecule has 3 aromatic rings. The van der Waals surface area contributed by atoms with Crippen molar-refractivity contribution < 1.29 is 18.4 Å². The molecule has 1 aliphatic rings. The summed E-state index contributed by atoms with van der Waals surface area (Å²) >= 11 is 1.51. The maximum absolute atomic E-state index is 12.9. The number of esters is 1. The molecule has 0 fully saturated rings. The molecule has 0 bridgehead atoms. The number of hydrogen-bond donors (Lipinski definition) is 0. The molecule has 7 heteroatoms. The molecule has 0 amide bonds. The third kappa shape index (κ3) is 3.41. The molecule has 4 rings (SSSR count). The minimum Gasteiger partial charge on any atom is -0.455 e. The maximum Gasteiger partial charge on any atom is 0.320 e. The van der Waals surface area contributed by atoms with E-state index in [1.54, 1.807) is 12.1 Å². The van der Waals surface area contributed by atoms with Gasteiger partial charge in [-0.1, -0.05) is 23.4 Å². The molecule has 0 unspecified atom stereocenters. The molecule has 1 aromatic heterocycles. The summed E-state index contributed by atoms with van der Waals surface area (Å²) in [7, 11) is 0. The molecule has 126 valence electrons. The lowest BCUT2D eigenvalue weighted by Gasteiger charge is -2.06. The summed E-state index contributed by atoms with van der Waals surface area (Å²) in [4.78, 5) is 17.5. The van der Waals surface area contributed by atoms with Gasteiger partial charge in [0.15, 0.2) is 6.61 Å². The molecular weight excluding hydrogens is 343 g/mol. The Kier molecular flexibility index (Phi) is 4.23. The molecule has 0 aliphatic carbocycles. The van der Waals surface area contributed by atoms with Gasteiger partial charge in [-0.25, -0.2) is 4.39 Å². The van der Waals surface area contributed by atoms with Gasteiger partial charge in [-0.15, -0.1) is 11.8 Å². The number of carbonyl (C=O) groups excluding carboxylic acids is 1. The van der Waals surface area contributed by atoms with Gasteiger partial charge >= 0.3 is 5.97 Å². The largest absolute Gasteiger partial charge is 0.455 e. The Balaban J connectivity index is 1.36. The SMILES string of the molecule is O=C(OCc1nc(-c2ccc(F)cc2)no1)[C@@H]1Cc2ccccc2S1. The predicted octanol–water partition coefficient (Wildman–Crippen LogP) is 3.64. The van der Waals surface area contributed by atoms with E-state index in [1.165, 1.54) is 23.9 Å². The summed E-state index contributed by atoms with van der Waals surface area (Å²) in [6.07, 6.45) is 0.657. The monoisotopic (exact) mass is 356 g/mol. The van der Waals surface area contributed by atoms with Gasteiger partial charge in [0.1, 0.15) is 11.1 Å². The number of thioether (sulfide) groups is 1. The quantitative estimate of drug-likeness (QED) is 0.665. The van der Waals surface area contributed by atoms with Crippen LogP contribution in [0.4, 0.5) is 4.39 Å². The Labute approximate surface area is 147 Å². The van der Waals surface area contributed by atoms with E-state index < -0.39 is 0 Å². The van der Waals surface area contributed by atoms with Crippen molar-refractivity contribution in [3.8, 4) is 11.4 Å². The number of halogens is 1. The molecule has 25 heavy (non-hydrogen) atoms. The maximum atomic E-state index is 12.9. The van der Waals surface area contributed by atoms with Crippen molar-refractivity contribution in [1.82, 2.24) is 10.1 Å². The van der Waals surface area contributed by atoms with Crippen molar-refractivity contribution in [2.24, 2.45) is 0 Å². The van der Waals surface area contributed by atoms with E-state index in [-0.39, 0.29) is 29.5 Å². The van der Waals surface area contributed by atoms with E-state index in [9.17, 15) is 9.18 Å². The summed E-state index contributed by atoms with van der Waals surface area (Å²) in [6.45, 7) is -0.0829. The summed E-state index contributed by atoms with van der Waals surface area (Å²) < 4.78 is 23.3. The molecular formula is C18H13FN2O3S. The van der Waals surface area contributed by atoms with E-state index in [0.29, 0.717) is 17.8 Å². The highest BCUT2D eigenvalue weighted by molar-refractivity contribution is 8.01. The van der Waals surface area contributed by atoms with Gasteiger partial charge in [-0.05, 0) is 42.3 Å². The number of carbonyl (C=O) groups is 1. The molecule has 1 atom stereocenters. The third-order valence-electron chi connectivity index (χ3n) is 3.82. The minimum absolute atomic E-state index is 0.0829. The average Bonchev–Trinajstić information content (AvgIpc) is 3.27. The number of nitrogens with zero attached hydrogens (tertiary/aromatic N) is 2. The summed E-state index contributed by atoms with van der Waals surface area (Å²) in [6, 6.07) is 13.7. The Morgan fingerprint density at radius 1 is 1.24 bits per heavy atom. The first-order valence-corrected chi connectivity index (χ1v) is 8.57. The number of rotatable bonds is 4. The summed E-state index contributed by atoms with van der Waals surface area (Å²) in [5.41, 5.74) is 1.79. The predicted molar refractivity (Wildman–Crippen MR) is 89.3 cm³/mol. The first-order valence-electron chi connectivity index (χ1n) is 7.69. The fourth-order valence-corrected chi connectivity index (χ4v) is 3.76. The van der Waals surface area contributed by atoms with Crippen molar-refractivity contribution in [3.63, 3.8) is 0 Å². The second-order valence-corrected chi connectivity index (χ2v) is 6.79. The molecule has 2 heterocycles. The van der Waals surface area contributed by atoms with Crippen LogP contribution in [-0.4, -0.2) is 21.4 Å². The Bertz CT molecular complexity index is 886.